The lowest BCUT2D eigenvalue weighted by Crippen LogP contribution is -1.83. The van der Waals surface area contributed by atoms with Crippen LogP contribution in [-0.2, 0) is 0 Å². The van der Waals surface area contributed by atoms with Gasteiger partial charge in [0.15, 0.2) is 0 Å². The van der Waals surface area contributed by atoms with Gasteiger partial charge >= 0.3 is 0 Å². The third-order valence-electron chi connectivity index (χ3n) is 3.67. The van der Waals surface area contributed by atoms with Gasteiger partial charge in [-0.15, -0.1) is 0 Å². The van der Waals surface area contributed by atoms with E-state index < -0.39 is 0 Å². The molecular weight excluding hydrogens is 320 g/mol. The van der Waals surface area contributed by atoms with Crippen molar-refractivity contribution >= 4 is 15.9 Å². The summed E-state index contributed by atoms with van der Waals surface area (Å²) in [5.74, 6) is 0. The first kappa shape index (κ1) is 14.1. The van der Waals surface area contributed by atoms with E-state index in [2.05, 4.69) is 96.5 Å². The fourth-order valence-electron chi connectivity index (χ4n) is 2.41. The van der Waals surface area contributed by atoms with Gasteiger partial charge in [-0.2, -0.15) is 0 Å². The SMILES string of the molecule is Cc1ccc(-c2cc(Br)cc(-c3ccc(C)cc3)c2)cc1. The molecule has 0 saturated carbocycles. The predicted octanol–water partition coefficient (Wildman–Crippen LogP) is 6.40. The van der Waals surface area contributed by atoms with E-state index >= 15 is 0 Å². The highest BCUT2D eigenvalue weighted by Gasteiger charge is 2.04. The molecule has 0 aliphatic heterocycles. The molecule has 0 saturated heterocycles. The van der Waals surface area contributed by atoms with Crippen molar-refractivity contribution in [3.05, 3.63) is 82.3 Å². The molecule has 0 bridgehead atoms. The van der Waals surface area contributed by atoms with Crippen molar-refractivity contribution in [3.63, 3.8) is 0 Å². The maximum atomic E-state index is 3.64. The van der Waals surface area contributed by atoms with Crippen LogP contribution in [0.1, 0.15) is 11.1 Å². The molecule has 3 rings (SSSR count). The average molecular weight is 337 g/mol. The Labute approximate surface area is 134 Å². The smallest absolute Gasteiger partial charge is 0.0187 e. The second-order valence-electron chi connectivity index (χ2n) is 5.46. The van der Waals surface area contributed by atoms with Gasteiger partial charge in [-0.05, 0) is 54.3 Å². The highest BCUT2D eigenvalue weighted by atomic mass is 79.9. The van der Waals surface area contributed by atoms with Crippen LogP contribution in [0.3, 0.4) is 0 Å². The zero-order valence-corrected chi connectivity index (χ0v) is 13.8. The molecule has 0 fully saturated rings. The summed E-state index contributed by atoms with van der Waals surface area (Å²) in [5, 5.41) is 0. The van der Waals surface area contributed by atoms with E-state index in [0.29, 0.717) is 0 Å². The number of aryl methyl sites for hydroxylation is 2. The largest absolute Gasteiger partial charge is 0.0587 e. The monoisotopic (exact) mass is 336 g/mol. The summed E-state index contributed by atoms with van der Waals surface area (Å²) in [6.07, 6.45) is 0. The molecule has 0 aromatic heterocycles. The second-order valence-corrected chi connectivity index (χ2v) is 6.38. The molecule has 0 heterocycles. The molecule has 21 heavy (non-hydrogen) atoms. The minimum atomic E-state index is 1.11. The van der Waals surface area contributed by atoms with E-state index in [4.69, 9.17) is 0 Å². The number of rotatable bonds is 2. The Kier molecular flexibility index (Phi) is 3.94. The molecule has 0 spiro atoms. The second kappa shape index (κ2) is 5.87. The molecule has 104 valence electrons. The van der Waals surface area contributed by atoms with Gasteiger partial charge in [0.2, 0.25) is 0 Å². The Hall–Kier alpha value is -1.86. The number of benzene rings is 3. The fourth-order valence-corrected chi connectivity index (χ4v) is 2.91. The van der Waals surface area contributed by atoms with Gasteiger partial charge in [-0.1, -0.05) is 75.6 Å². The fraction of sp³-hybridized carbons (Fsp3) is 0.100. The van der Waals surface area contributed by atoms with Crippen molar-refractivity contribution in [1.82, 2.24) is 0 Å². The van der Waals surface area contributed by atoms with Gasteiger partial charge in [0.1, 0.15) is 0 Å². The van der Waals surface area contributed by atoms with Gasteiger partial charge in [0.25, 0.3) is 0 Å². The van der Waals surface area contributed by atoms with Crippen LogP contribution >= 0.6 is 15.9 Å². The van der Waals surface area contributed by atoms with E-state index in [-0.39, 0.29) is 0 Å². The summed E-state index contributed by atoms with van der Waals surface area (Å²) in [6.45, 7) is 4.23. The molecule has 0 nitrogen and oxygen atoms in total. The molecule has 0 aliphatic carbocycles. The van der Waals surface area contributed by atoms with Crippen LogP contribution in [0, 0.1) is 13.8 Å². The van der Waals surface area contributed by atoms with E-state index in [1.807, 2.05) is 0 Å². The first-order valence-corrected chi connectivity index (χ1v) is 7.86. The van der Waals surface area contributed by atoms with E-state index in [9.17, 15) is 0 Å². The van der Waals surface area contributed by atoms with Crippen LogP contribution in [0.4, 0.5) is 0 Å². The standard InChI is InChI=1S/C20H17Br/c1-14-3-7-16(8-4-14)18-11-19(13-20(21)12-18)17-9-5-15(2)6-10-17/h3-13H,1-2H3. The van der Waals surface area contributed by atoms with Crippen molar-refractivity contribution in [2.45, 2.75) is 13.8 Å². The lowest BCUT2D eigenvalue weighted by Gasteiger charge is -2.08. The maximum absolute atomic E-state index is 3.64. The highest BCUT2D eigenvalue weighted by Crippen LogP contribution is 2.30. The van der Waals surface area contributed by atoms with Gasteiger partial charge in [-0.3, -0.25) is 0 Å². The van der Waals surface area contributed by atoms with Crippen molar-refractivity contribution < 1.29 is 0 Å². The van der Waals surface area contributed by atoms with Crippen LogP contribution < -0.4 is 0 Å². The quantitative estimate of drug-likeness (QED) is 0.507. The Morgan fingerprint density at radius 1 is 0.524 bits per heavy atom. The summed E-state index contributed by atoms with van der Waals surface area (Å²) in [6, 6.07) is 23.9. The van der Waals surface area contributed by atoms with Crippen LogP contribution in [-0.4, -0.2) is 0 Å². The molecule has 3 aromatic carbocycles. The molecule has 0 amide bonds. The van der Waals surface area contributed by atoms with E-state index in [1.165, 1.54) is 33.4 Å². The molecule has 1 heteroatoms. The maximum Gasteiger partial charge on any atom is 0.0187 e. The van der Waals surface area contributed by atoms with Crippen LogP contribution in [0.15, 0.2) is 71.2 Å². The van der Waals surface area contributed by atoms with Crippen LogP contribution in [0.2, 0.25) is 0 Å². The molecular formula is C20H17Br. The first-order valence-electron chi connectivity index (χ1n) is 7.06. The summed E-state index contributed by atoms with van der Waals surface area (Å²) in [7, 11) is 0. The Morgan fingerprint density at radius 2 is 0.905 bits per heavy atom. The number of hydrogen-bond donors (Lipinski definition) is 0. The zero-order chi connectivity index (χ0) is 14.8. The lowest BCUT2D eigenvalue weighted by molar-refractivity contribution is 1.46. The van der Waals surface area contributed by atoms with E-state index in [1.54, 1.807) is 0 Å². The van der Waals surface area contributed by atoms with Crippen molar-refractivity contribution in [1.29, 1.82) is 0 Å². The Bertz CT molecular complexity index is 689. The molecule has 0 radical (unpaired) electrons. The topological polar surface area (TPSA) is 0 Å². The Morgan fingerprint density at radius 3 is 1.29 bits per heavy atom. The summed E-state index contributed by atoms with van der Waals surface area (Å²) >= 11 is 3.64. The van der Waals surface area contributed by atoms with Crippen molar-refractivity contribution in [2.75, 3.05) is 0 Å². The van der Waals surface area contributed by atoms with Gasteiger partial charge < -0.3 is 0 Å². The third kappa shape index (κ3) is 3.25. The van der Waals surface area contributed by atoms with Gasteiger partial charge in [0, 0.05) is 4.47 Å². The lowest BCUT2D eigenvalue weighted by atomic mass is 9.98. The number of hydrogen-bond acceptors (Lipinski definition) is 0. The third-order valence-corrected chi connectivity index (χ3v) is 4.13. The summed E-state index contributed by atoms with van der Waals surface area (Å²) in [5.41, 5.74) is 7.53. The Balaban J connectivity index is 2.07. The first-order chi connectivity index (χ1) is 10.1. The minimum absolute atomic E-state index is 1.11. The summed E-state index contributed by atoms with van der Waals surface area (Å²) < 4.78 is 1.11. The molecule has 0 atom stereocenters. The molecule has 0 unspecified atom stereocenters. The predicted molar refractivity (Wildman–Crippen MR) is 94.5 cm³/mol. The van der Waals surface area contributed by atoms with Gasteiger partial charge in [-0.25, -0.2) is 0 Å². The highest BCUT2D eigenvalue weighted by molar-refractivity contribution is 9.10. The minimum Gasteiger partial charge on any atom is -0.0587 e. The number of halogens is 1. The van der Waals surface area contributed by atoms with Crippen molar-refractivity contribution in [2.24, 2.45) is 0 Å². The molecule has 0 N–H and O–H groups in total. The summed E-state index contributed by atoms with van der Waals surface area (Å²) in [4.78, 5) is 0. The van der Waals surface area contributed by atoms with Gasteiger partial charge in [0.05, 0.1) is 0 Å². The van der Waals surface area contributed by atoms with Crippen LogP contribution in [0.25, 0.3) is 22.3 Å². The van der Waals surface area contributed by atoms with Crippen molar-refractivity contribution in [3.8, 4) is 22.3 Å². The normalized spacial score (nSPS) is 10.6. The average Bonchev–Trinajstić information content (AvgIpc) is 2.48. The zero-order valence-electron chi connectivity index (χ0n) is 12.2. The molecule has 3 aromatic rings. The van der Waals surface area contributed by atoms with E-state index in [0.717, 1.165) is 4.47 Å². The molecule has 0 aliphatic rings. The van der Waals surface area contributed by atoms with Crippen LogP contribution in [0.5, 0.6) is 0 Å².